The van der Waals surface area contributed by atoms with Crippen LogP contribution in [0.25, 0.3) is 0 Å². The second kappa shape index (κ2) is 7.82. The number of hydrogen-bond donors (Lipinski definition) is 1. The Bertz CT molecular complexity index is 679. The number of carbonyl (C=O) groups excluding carboxylic acids is 1. The summed E-state index contributed by atoms with van der Waals surface area (Å²) in [6, 6.07) is 14.0. The normalized spacial score (nSPS) is 11.8. The first-order valence-electron chi connectivity index (χ1n) is 8.07. The molecule has 0 aliphatic heterocycles. The number of aryl methyl sites for hydroxylation is 2. The minimum Gasteiger partial charge on any atom is -0.480 e. The first-order chi connectivity index (χ1) is 11.0. The fraction of sp³-hybridized carbons (Fsp3) is 0.350. The molecule has 0 spiro atoms. The first kappa shape index (κ1) is 17.1. The molecule has 0 aliphatic rings. The molecule has 1 amide bonds. The largest absolute Gasteiger partial charge is 0.480 e. The van der Waals surface area contributed by atoms with Gasteiger partial charge in [-0.2, -0.15) is 0 Å². The maximum absolute atomic E-state index is 12.4. The van der Waals surface area contributed by atoms with Gasteiger partial charge in [0.1, 0.15) is 5.75 Å². The van der Waals surface area contributed by atoms with Crippen molar-refractivity contribution in [3.63, 3.8) is 0 Å². The highest BCUT2D eigenvalue weighted by Gasteiger charge is 2.19. The van der Waals surface area contributed by atoms with Crippen molar-refractivity contribution in [2.24, 2.45) is 0 Å². The lowest BCUT2D eigenvalue weighted by Gasteiger charge is -2.19. The smallest absolute Gasteiger partial charge is 0.261 e. The van der Waals surface area contributed by atoms with Gasteiger partial charge in [0.15, 0.2) is 6.10 Å². The number of benzene rings is 2. The van der Waals surface area contributed by atoms with Gasteiger partial charge in [-0.3, -0.25) is 4.79 Å². The second-order valence-electron chi connectivity index (χ2n) is 5.92. The van der Waals surface area contributed by atoms with Crippen LogP contribution in [0.3, 0.4) is 0 Å². The summed E-state index contributed by atoms with van der Waals surface area (Å²) >= 11 is 0. The van der Waals surface area contributed by atoms with Gasteiger partial charge in [-0.15, -0.1) is 0 Å². The Hall–Kier alpha value is -2.29. The highest BCUT2D eigenvalue weighted by atomic mass is 16.5. The third-order valence-electron chi connectivity index (χ3n) is 4.04. The quantitative estimate of drug-likeness (QED) is 0.872. The van der Waals surface area contributed by atoms with Gasteiger partial charge < -0.3 is 10.1 Å². The molecule has 0 saturated carbocycles. The van der Waals surface area contributed by atoms with Crippen LogP contribution >= 0.6 is 0 Å². The number of amides is 1. The molecule has 2 aromatic carbocycles. The lowest BCUT2D eigenvalue weighted by molar-refractivity contribution is -0.128. The molecule has 0 aromatic heterocycles. The number of carbonyl (C=O) groups is 1. The van der Waals surface area contributed by atoms with Crippen molar-refractivity contribution in [3.8, 4) is 5.75 Å². The molecule has 0 unspecified atom stereocenters. The van der Waals surface area contributed by atoms with Crippen molar-refractivity contribution >= 4 is 5.91 Å². The van der Waals surface area contributed by atoms with Gasteiger partial charge >= 0.3 is 0 Å². The molecule has 1 atom stereocenters. The minimum absolute atomic E-state index is 0.0742. The number of rotatable bonds is 6. The average molecular weight is 311 g/mol. The van der Waals surface area contributed by atoms with Crippen LogP contribution in [0, 0.1) is 20.8 Å². The molecule has 0 radical (unpaired) electrons. The van der Waals surface area contributed by atoms with Crippen molar-refractivity contribution in [2.45, 2.75) is 46.8 Å². The first-order valence-corrected chi connectivity index (χ1v) is 8.07. The van der Waals surface area contributed by atoms with Gasteiger partial charge in [0, 0.05) is 6.54 Å². The van der Waals surface area contributed by atoms with Gasteiger partial charge in [-0.1, -0.05) is 48.9 Å². The Labute approximate surface area is 138 Å². The van der Waals surface area contributed by atoms with Crippen LogP contribution in [0.2, 0.25) is 0 Å². The molecule has 0 fully saturated rings. The summed E-state index contributed by atoms with van der Waals surface area (Å²) < 4.78 is 5.94. The van der Waals surface area contributed by atoms with E-state index in [0.29, 0.717) is 13.0 Å². The predicted octanol–water partition coefficient (Wildman–Crippen LogP) is 4.09. The van der Waals surface area contributed by atoms with E-state index < -0.39 is 6.10 Å². The highest BCUT2D eigenvalue weighted by molar-refractivity contribution is 5.81. The molecular formula is C20H25NO2. The van der Waals surface area contributed by atoms with E-state index in [-0.39, 0.29) is 5.91 Å². The van der Waals surface area contributed by atoms with Crippen LogP contribution in [0.15, 0.2) is 42.5 Å². The van der Waals surface area contributed by atoms with E-state index in [1.165, 1.54) is 5.56 Å². The van der Waals surface area contributed by atoms with Crippen LogP contribution in [-0.4, -0.2) is 12.0 Å². The highest BCUT2D eigenvalue weighted by Crippen LogP contribution is 2.22. The second-order valence-corrected chi connectivity index (χ2v) is 5.92. The van der Waals surface area contributed by atoms with Crippen molar-refractivity contribution in [1.29, 1.82) is 0 Å². The summed E-state index contributed by atoms with van der Waals surface area (Å²) in [7, 11) is 0. The van der Waals surface area contributed by atoms with Crippen molar-refractivity contribution < 1.29 is 9.53 Å². The van der Waals surface area contributed by atoms with E-state index >= 15 is 0 Å². The molecule has 0 saturated heterocycles. The van der Waals surface area contributed by atoms with Crippen LogP contribution in [0.1, 0.15) is 35.6 Å². The standard InChI is InChI=1S/C20H25NO2/c1-5-18(23-19-11-7-9-15(3)16(19)4)20(22)21-13-17-10-6-8-14(2)12-17/h6-12,18H,5,13H2,1-4H3,(H,21,22)/t18-/m1/s1. The van der Waals surface area contributed by atoms with E-state index in [1.807, 2.05) is 64.1 Å². The van der Waals surface area contributed by atoms with Gasteiger partial charge in [-0.25, -0.2) is 0 Å². The Morgan fingerprint density at radius 1 is 1.13 bits per heavy atom. The lowest BCUT2D eigenvalue weighted by atomic mass is 10.1. The van der Waals surface area contributed by atoms with Crippen LogP contribution in [-0.2, 0) is 11.3 Å². The lowest BCUT2D eigenvalue weighted by Crippen LogP contribution is -2.37. The Morgan fingerprint density at radius 2 is 1.87 bits per heavy atom. The van der Waals surface area contributed by atoms with Crippen molar-refractivity contribution in [1.82, 2.24) is 5.32 Å². The number of ether oxygens (including phenoxy) is 1. The summed E-state index contributed by atoms with van der Waals surface area (Å²) in [5, 5.41) is 2.97. The molecule has 3 nitrogen and oxygen atoms in total. The fourth-order valence-corrected chi connectivity index (χ4v) is 2.45. The van der Waals surface area contributed by atoms with E-state index in [9.17, 15) is 4.79 Å². The molecular weight excluding hydrogens is 286 g/mol. The zero-order chi connectivity index (χ0) is 16.8. The predicted molar refractivity (Wildman–Crippen MR) is 93.6 cm³/mol. The van der Waals surface area contributed by atoms with E-state index in [0.717, 1.165) is 22.4 Å². The Kier molecular flexibility index (Phi) is 5.80. The van der Waals surface area contributed by atoms with Crippen LogP contribution in [0.4, 0.5) is 0 Å². The van der Waals surface area contributed by atoms with E-state index in [1.54, 1.807) is 0 Å². The molecule has 0 aliphatic carbocycles. The minimum atomic E-state index is -0.472. The monoisotopic (exact) mass is 311 g/mol. The third-order valence-corrected chi connectivity index (χ3v) is 4.04. The summed E-state index contributed by atoms with van der Waals surface area (Å²) in [4.78, 5) is 12.4. The zero-order valence-electron chi connectivity index (χ0n) is 14.3. The maximum Gasteiger partial charge on any atom is 0.261 e. The Balaban J connectivity index is 1.99. The summed E-state index contributed by atoms with van der Waals surface area (Å²) in [6.07, 6.45) is 0.160. The molecule has 0 heterocycles. The van der Waals surface area contributed by atoms with Crippen molar-refractivity contribution in [2.75, 3.05) is 0 Å². The van der Waals surface area contributed by atoms with Gasteiger partial charge in [0.25, 0.3) is 5.91 Å². The van der Waals surface area contributed by atoms with Gasteiger partial charge in [0.05, 0.1) is 0 Å². The third kappa shape index (κ3) is 4.59. The van der Waals surface area contributed by atoms with Gasteiger partial charge in [0.2, 0.25) is 0 Å². The molecule has 23 heavy (non-hydrogen) atoms. The van der Waals surface area contributed by atoms with Crippen LogP contribution < -0.4 is 10.1 Å². The molecule has 1 N–H and O–H groups in total. The number of hydrogen-bond acceptors (Lipinski definition) is 2. The molecule has 3 heteroatoms. The fourth-order valence-electron chi connectivity index (χ4n) is 2.45. The molecule has 2 rings (SSSR count). The molecule has 0 bridgehead atoms. The average Bonchev–Trinajstić information content (AvgIpc) is 2.54. The Morgan fingerprint density at radius 3 is 2.57 bits per heavy atom. The van der Waals surface area contributed by atoms with E-state index in [4.69, 9.17) is 4.74 Å². The zero-order valence-corrected chi connectivity index (χ0v) is 14.3. The SMILES string of the molecule is CC[C@@H](Oc1cccc(C)c1C)C(=O)NCc1cccc(C)c1. The van der Waals surface area contributed by atoms with Gasteiger partial charge in [-0.05, 0) is 49.9 Å². The number of nitrogens with one attached hydrogen (secondary N) is 1. The van der Waals surface area contributed by atoms with E-state index in [2.05, 4.69) is 11.4 Å². The van der Waals surface area contributed by atoms with Crippen molar-refractivity contribution in [3.05, 3.63) is 64.7 Å². The molecule has 122 valence electrons. The summed E-state index contributed by atoms with van der Waals surface area (Å²) in [6.45, 7) is 8.59. The summed E-state index contributed by atoms with van der Waals surface area (Å²) in [5.74, 6) is 0.706. The summed E-state index contributed by atoms with van der Waals surface area (Å²) in [5.41, 5.74) is 4.53. The van der Waals surface area contributed by atoms with Crippen LogP contribution in [0.5, 0.6) is 5.75 Å². The maximum atomic E-state index is 12.4. The topological polar surface area (TPSA) is 38.3 Å². The molecule has 2 aromatic rings.